The predicted molar refractivity (Wildman–Crippen MR) is 201 cm³/mol. The first-order valence-electron chi connectivity index (χ1n) is 15.6. The molecule has 0 fully saturated rings. The van der Waals surface area contributed by atoms with Crippen molar-refractivity contribution in [3.05, 3.63) is 115 Å². The van der Waals surface area contributed by atoms with E-state index in [1.807, 2.05) is 42.5 Å². The van der Waals surface area contributed by atoms with Crippen molar-refractivity contribution < 1.29 is 28.5 Å². The zero-order chi connectivity index (χ0) is 36.3. The Bertz CT molecular complexity index is 2050. The third-order valence-electron chi connectivity index (χ3n) is 7.48. The van der Waals surface area contributed by atoms with Crippen molar-refractivity contribution in [2.75, 3.05) is 64.4 Å². The summed E-state index contributed by atoms with van der Waals surface area (Å²) < 4.78 is 22.0. The molecule has 2 aliphatic rings. The number of hydrogen-bond donors (Lipinski definition) is 2. The van der Waals surface area contributed by atoms with E-state index < -0.39 is 0 Å². The molecule has 2 N–H and O–H groups in total. The fraction of sp³-hybridized carbons (Fsp3) is 0.216. The molecule has 0 atom stereocenters. The molecule has 262 valence electrons. The minimum absolute atomic E-state index is 0.0308. The molecule has 0 radical (unpaired) electrons. The lowest BCUT2D eigenvalue weighted by Gasteiger charge is -2.15. The first-order chi connectivity index (χ1) is 24.7. The van der Waals surface area contributed by atoms with E-state index in [0.29, 0.717) is 87.5 Å². The number of rotatable bonds is 10. The van der Waals surface area contributed by atoms with Crippen LogP contribution in [0.15, 0.2) is 87.3 Å². The number of ether oxygens (including phenoxy) is 4. The normalized spacial score (nSPS) is 13.3. The number of nitrogens with zero attached hydrogens (tertiary/aromatic N) is 3. The average Bonchev–Trinajstić information content (AvgIpc) is 3.38. The molecule has 14 heteroatoms. The number of hydrogen-bond acceptors (Lipinski definition) is 9. The van der Waals surface area contributed by atoms with Gasteiger partial charge in [0.05, 0.1) is 46.0 Å². The number of carbonyl (C=O) groups is 2. The van der Waals surface area contributed by atoms with Crippen molar-refractivity contribution >= 4 is 73.7 Å². The lowest BCUT2D eigenvalue weighted by atomic mass is 9.98. The van der Waals surface area contributed by atoms with Crippen molar-refractivity contribution in [3.63, 3.8) is 0 Å². The van der Waals surface area contributed by atoms with Crippen molar-refractivity contribution in [2.24, 2.45) is 9.98 Å². The second-order valence-electron chi connectivity index (χ2n) is 10.9. The maximum Gasteiger partial charge on any atom is 0.246 e. The quantitative estimate of drug-likeness (QED) is 0.166. The van der Waals surface area contributed by atoms with E-state index in [1.165, 1.54) is 0 Å². The molecule has 4 aromatic carbocycles. The number of benzene rings is 4. The number of carbonyl (C=O) groups excluding carboxylic acids is 2. The molecule has 0 unspecified atom stereocenters. The van der Waals surface area contributed by atoms with Gasteiger partial charge in [0.25, 0.3) is 0 Å². The van der Waals surface area contributed by atoms with Crippen LogP contribution >= 0.6 is 39.1 Å². The number of nitrogens with one attached hydrogen (secondary N) is 2. The van der Waals surface area contributed by atoms with E-state index in [2.05, 4.69) is 42.6 Å². The van der Waals surface area contributed by atoms with Gasteiger partial charge in [-0.2, -0.15) is 5.26 Å². The van der Waals surface area contributed by atoms with Crippen molar-refractivity contribution in [2.45, 2.75) is 0 Å². The van der Waals surface area contributed by atoms with Gasteiger partial charge >= 0.3 is 0 Å². The number of halogens is 3. The van der Waals surface area contributed by atoms with Crippen LogP contribution in [-0.4, -0.2) is 77.0 Å². The summed E-state index contributed by atoms with van der Waals surface area (Å²) in [4.78, 5) is 33.0. The molecule has 0 spiro atoms. The van der Waals surface area contributed by atoms with Gasteiger partial charge in [0.15, 0.2) is 0 Å². The third kappa shape index (κ3) is 9.32. The number of fused-ring (bicyclic) bond motifs is 2. The van der Waals surface area contributed by atoms with Crippen LogP contribution in [0, 0.1) is 11.3 Å². The SMILES string of the molecule is COCCOc1cc2c(cc1Br)C(c1ccccc1Cl)=NCC(=O)N2.COCCOc1cc2c(cc1C#N)C(c1ccccc1Cl)=NCC(=O)N2. The first kappa shape index (κ1) is 37.5. The fourth-order valence-electron chi connectivity index (χ4n) is 5.14. The van der Waals surface area contributed by atoms with E-state index in [-0.39, 0.29) is 24.9 Å². The summed E-state index contributed by atoms with van der Waals surface area (Å²) in [6.07, 6.45) is 0. The Hall–Kier alpha value is -4.77. The molecule has 0 bridgehead atoms. The number of nitriles is 1. The highest BCUT2D eigenvalue weighted by Crippen LogP contribution is 2.36. The van der Waals surface area contributed by atoms with Gasteiger partial charge in [-0.15, -0.1) is 0 Å². The zero-order valence-corrected chi connectivity index (χ0v) is 30.7. The highest BCUT2D eigenvalue weighted by molar-refractivity contribution is 9.10. The maximum atomic E-state index is 12.1. The molecule has 2 aliphatic heterocycles. The minimum Gasteiger partial charge on any atom is -0.490 e. The molecule has 0 saturated heterocycles. The Morgan fingerprint density at radius 2 is 1.18 bits per heavy atom. The Morgan fingerprint density at radius 1 is 0.706 bits per heavy atom. The van der Waals surface area contributed by atoms with Crippen LogP contribution in [0.2, 0.25) is 10.0 Å². The summed E-state index contributed by atoms with van der Waals surface area (Å²) in [6, 6.07) is 23.8. The Balaban J connectivity index is 0.000000198. The fourth-order valence-corrected chi connectivity index (χ4v) is 6.05. The van der Waals surface area contributed by atoms with Crippen LogP contribution in [0.3, 0.4) is 0 Å². The van der Waals surface area contributed by atoms with Gasteiger partial charge in [-0.1, -0.05) is 59.6 Å². The number of methoxy groups -OCH3 is 2. The summed E-state index contributed by atoms with van der Waals surface area (Å²) in [7, 11) is 3.18. The van der Waals surface area contributed by atoms with Crippen LogP contribution in [0.5, 0.6) is 11.5 Å². The summed E-state index contributed by atoms with van der Waals surface area (Å²) in [5.74, 6) is 0.565. The van der Waals surface area contributed by atoms with Gasteiger partial charge in [-0.25, -0.2) is 0 Å². The summed E-state index contributed by atoms with van der Waals surface area (Å²) in [6.45, 7) is 1.57. The van der Waals surface area contributed by atoms with Gasteiger partial charge in [0, 0.05) is 58.7 Å². The van der Waals surface area contributed by atoms with E-state index in [1.54, 1.807) is 44.6 Å². The van der Waals surface area contributed by atoms with Gasteiger partial charge < -0.3 is 29.6 Å². The minimum atomic E-state index is -0.249. The first-order valence-corrected chi connectivity index (χ1v) is 17.1. The van der Waals surface area contributed by atoms with Crippen LogP contribution in [0.4, 0.5) is 11.4 Å². The van der Waals surface area contributed by atoms with E-state index in [9.17, 15) is 14.9 Å². The van der Waals surface area contributed by atoms with Crippen molar-refractivity contribution in [1.29, 1.82) is 5.26 Å². The van der Waals surface area contributed by atoms with E-state index in [4.69, 9.17) is 42.1 Å². The number of aliphatic imine (C=N–C) groups is 2. The van der Waals surface area contributed by atoms with Crippen molar-refractivity contribution in [1.82, 2.24) is 0 Å². The molecule has 0 saturated carbocycles. The number of benzodiazepines with no additional fused rings is 2. The highest BCUT2D eigenvalue weighted by Gasteiger charge is 2.24. The lowest BCUT2D eigenvalue weighted by molar-refractivity contribution is -0.115. The van der Waals surface area contributed by atoms with Crippen LogP contribution in [0.1, 0.15) is 27.8 Å². The standard InChI is InChI=1S/C19H16ClN3O3.C18H16BrClN2O3/c1-25-6-7-26-17-9-16-14(8-12(17)10-21)19(22-11-18(24)23-16)13-4-2-3-5-15(13)20;1-24-6-7-25-16-9-15-12(8-13(16)19)18(21-10-17(23)22-15)11-4-2-3-5-14(11)20/h2-5,8-9H,6-7,11H2,1H3,(H,23,24);2-5,8-9H,6-7,10H2,1H3,(H,22,23). The summed E-state index contributed by atoms with van der Waals surface area (Å²) in [5, 5.41) is 16.3. The second-order valence-corrected chi connectivity index (χ2v) is 12.6. The smallest absolute Gasteiger partial charge is 0.246 e. The average molecular weight is 794 g/mol. The molecular weight excluding hydrogens is 761 g/mol. The van der Waals surface area contributed by atoms with Gasteiger partial charge in [0.1, 0.15) is 43.9 Å². The molecule has 0 aromatic heterocycles. The molecule has 11 nitrogen and oxygen atoms in total. The molecule has 2 heterocycles. The van der Waals surface area contributed by atoms with E-state index in [0.717, 1.165) is 15.6 Å². The molecule has 51 heavy (non-hydrogen) atoms. The Labute approximate surface area is 313 Å². The van der Waals surface area contributed by atoms with Gasteiger partial charge in [-0.05, 0) is 40.2 Å². The summed E-state index contributed by atoms with van der Waals surface area (Å²) in [5.41, 5.74) is 5.62. The monoisotopic (exact) mass is 791 g/mol. The molecular formula is C37H32BrCl2N5O6. The topological polar surface area (TPSA) is 144 Å². The highest BCUT2D eigenvalue weighted by atomic mass is 79.9. The Kier molecular flexibility index (Phi) is 13.2. The van der Waals surface area contributed by atoms with Crippen LogP contribution in [0.25, 0.3) is 0 Å². The molecule has 4 aromatic rings. The third-order valence-corrected chi connectivity index (χ3v) is 8.76. The second kappa shape index (κ2) is 17.9. The molecule has 2 amide bonds. The largest absolute Gasteiger partial charge is 0.490 e. The molecule has 6 rings (SSSR count). The number of anilines is 2. The van der Waals surface area contributed by atoms with Gasteiger partial charge in [-0.3, -0.25) is 19.6 Å². The van der Waals surface area contributed by atoms with Crippen LogP contribution < -0.4 is 20.1 Å². The summed E-state index contributed by atoms with van der Waals surface area (Å²) >= 11 is 16.2. The number of amides is 2. The maximum absolute atomic E-state index is 12.1. The van der Waals surface area contributed by atoms with Crippen LogP contribution in [-0.2, 0) is 19.1 Å². The molecule has 0 aliphatic carbocycles. The van der Waals surface area contributed by atoms with Crippen molar-refractivity contribution in [3.8, 4) is 17.6 Å². The Morgan fingerprint density at radius 3 is 1.67 bits per heavy atom. The van der Waals surface area contributed by atoms with E-state index >= 15 is 0 Å². The zero-order valence-electron chi connectivity index (χ0n) is 27.6. The van der Waals surface area contributed by atoms with Gasteiger partial charge in [0.2, 0.25) is 11.8 Å². The lowest BCUT2D eigenvalue weighted by Crippen LogP contribution is -2.14. The predicted octanol–water partition coefficient (Wildman–Crippen LogP) is 6.94.